The number of oxazole rings is 1. The van der Waals surface area contributed by atoms with Crippen molar-refractivity contribution in [1.82, 2.24) is 9.88 Å². The molecule has 0 aliphatic rings. The molecule has 1 aromatic heterocycles. The van der Waals surface area contributed by atoms with E-state index in [4.69, 9.17) is 4.42 Å². The van der Waals surface area contributed by atoms with Crippen molar-refractivity contribution >= 4 is 17.1 Å². The van der Waals surface area contributed by atoms with Crippen LogP contribution in [0.5, 0.6) is 0 Å². The Kier molecular flexibility index (Phi) is 6.50. The number of nitrogens with one attached hydrogen (secondary N) is 1. The highest BCUT2D eigenvalue weighted by atomic mass is 19.1. The lowest BCUT2D eigenvalue weighted by Gasteiger charge is -2.13. The Morgan fingerprint density at radius 1 is 1.00 bits per heavy atom. The molecule has 0 bridgehead atoms. The molecular formula is C26H25FN2O3. The maximum Gasteiger partial charge on any atom is 0.428 e. The summed E-state index contributed by atoms with van der Waals surface area (Å²) in [5.41, 5.74) is 3.57. The number of hydrogen-bond acceptors (Lipinski definition) is 3. The van der Waals surface area contributed by atoms with Crippen molar-refractivity contribution in [3.63, 3.8) is 0 Å². The van der Waals surface area contributed by atoms with Gasteiger partial charge in [0.25, 0.3) is 0 Å². The van der Waals surface area contributed by atoms with E-state index in [-0.39, 0.29) is 11.9 Å². The molecule has 0 aliphatic carbocycles. The molecule has 164 valence electrons. The normalized spacial score (nSPS) is 12.1. The van der Waals surface area contributed by atoms with Crippen LogP contribution in [0, 0.1) is 5.82 Å². The minimum absolute atomic E-state index is 0.0754. The van der Waals surface area contributed by atoms with Crippen molar-refractivity contribution in [2.75, 3.05) is 0 Å². The van der Waals surface area contributed by atoms with Crippen LogP contribution < -0.4 is 11.1 Å². The molecule has 4 aromatic rings. The van der Waals surface area contributed by atoms with Crippen molar-refractivity contribution in [3.05, 3.63) is 94.7 Å². The molecular weight excluding hydrogens is 407 g/mol. The van der Waals surface area contributed by atoms with Crippen molar-refractivity contribution < 1.29 is 13.6 Å². The van der Waals surface area contributed by atoms with Gasteiger partial charge in [-0.1, -0.05) is 55.0 Å². The van der Waals surface area contributed by atoms with Crippen LogP contribution in [0.25, 0.3) is 22.2 Å². The van der Waals surface area contributed by atoms with E-state index in [1.807, 2.05) is 25.1 Å². The minimum Gasteiger partial charge on any atom is -0.407 e. The van der Waals surface area contributed by atoms with E-state index in [1.165, 1.54) is 17.7 Å². The highest BCUT2D eigenvalue weighted by Crippen LogP contribution is 2.24. The first-order valence-corrected chi connectivity index (χ1v) is 10.8. The fourth-order valence-corrected chi connectivity index (χ4v) is 3.80. The number of aromatic nitrogens is 1. The minimum atomic E-state index is -0.731. The van der Waals surface area contributed by atoms with Crippen molar-refractivity contribution in [1.29, 1.82) is 0 Å². The summed E-state index contributed by atoms with van der Waals surface area (Å²) in [7, 11) is 0. The molecule has 4 rings (SSSR count). The van der Waals surface area contributed by atoms with Gasteiger partial charge in [0.2, 0.25) is 0 Å². The largest absolute Gasteiger partial charge is 0.428 e. The summed E-state index contributed by atoms with van der Waals surface area (Å²) in [5, 5.41) is 2.89. The second-order valence-electron chi connectivity index (χ2n) is 7.97. The van der Waals surface area contributed by atoms with Gasteiger partial charge in [-0.3, -0.25) is 0 Å². The number of carbonyl (C=O) groups is 1. The molecule has 1 heterocycles. The molecule has 0 saturated carbocycles. The van der Waals surface area contributed by atoms with E-state index >= 15 is 0 Å². The first kappa shape index (κ1) is 21.6. The standard InChI is InChI=1S/C26H25FN2O3/c1-18(7-5-6-10-19-8-3-2-4-9-19)28-25(30)29-23-16-13-21(17-24(23)32-26(29)31)20-11-14-22(27)15-12-20/h2-4,8-9,11-18H,5-7,10H2,1H3,(H,28,30). The summed E-state index contributed by atoms with van der Waals surface area (Å²) in [6.07, 6.45) is 3.82. The zero-order valence-corrected chi connectivity index (χ0v) is 17.9. The van der Waals surface area contributed by atoms with Gasteiger partial charge in [-0.25, -0.2) is 14.0 Å². The molecule has 6 heteroatoms. The summed E-state index contributed by atoms with van der Waals surface area (Å²) < 4.78 is 19.5. The molecule has 0 aliphatic heterocycles. The van der Waals surface area contributed by atoms with Gasteiger partial charge >= 0.3 is 11.8 Å². The second-order valence-corrected chi connectivity index (χ2v) is 7.97. The third-order valence-corrected chi connectivity index (χ3v) is 5.53. The van der Waals surface area contributed by atoms with Gasteiger partial charge < -0.3 is 9.73 Å². The number of unbranched alkanes of at least 4 members (excludes halogenated alkanes) is 1. The third-order valence-electron chi connectivity index (χ3n) is 5.53. The topological polar surface area (TPSA) is 64.2 Å². The average Bonchev–Trinajstić information content (AvgIpc) is 3.13. The number of halogens is 1. The molecule has 0 spiro atoms. The van der Waals surface area contributed by atoms with Crippen LogP contribution in [0.1, 0.15) is 31.7 Å². The Bertz CT molecular complexity index is 1260. The number of benzene rings is 3. The number of aryl methyl sites for hydroxylation is 1. The second kappa shape index (κ2) is 9.64. The Hall–Kier alpha value is -3.67. The highest BCUT2D eigenvalue weighted by molar-refractivity contribution is 5.90. The van der Waals surface area contributed by atoms with Gasteiger partial charge in [0.15, 0.2) is 5.58 Å². The number of carbonyl (C=O) groups excluding carboxylic acids is 1. The zero-order valence-electron chi connectivity index (χ0n) is 17.9. The van der Waals surface area contributed by atoms with E-state index in [0.29, 0.717) is 11.1 Å². The number of rotatable bonds is 7. The zero-order chi connectivity index (χ0) is 22.5. The predicted octanol–water partition coefficient (Wildman–Crippen LogP) is 5.76. The number of nitrogens with zero attached hydrogens (tertiary/aromatic N) is 1. The van der Waals surface area contributed by atoms with E-state index in [1.54, 1.807) is 30.3 Å². The van der Waals surface area contributed by atoms with Gasteiger partial charge in [0.05, 0.1) is 5.52 Å². The molecule has 1 amide bonds. The Balaban J connectivity index is 1.40. The molecule has 1 atom stereocenters. The first-order chi connectivity index (χ1) is 15.5. The molecule has 1 unspecified atom stereocenters. The van der Waals surface area contributed by atoms with Crippen LogP contribution in [0.2, 0.25) is 0 Å². The SMILES string of the molecule is CC(CCCCc1ccccc1)NC(=O)n1c(=O)oc2cc(-c3ccc(F)cc3)ccc21. The Labute approximate surface area is 185 Å². The maximum absolute atomic E-state index is 13.2. The van der Waals surface area contributed by atoms with E-state index < -0.39 is 11.8 Å². The van der Waals surface area contributed by atoms with Crippen LogP contribution in [0.4, 0.5) is 9.18 Å². The molecule has 32 heavy (non-hydrogen) atoms. The molecule has 0 radical (unpaired) electrons. The number of hydrogen-bond donors (Lipinski definition) is 1. The fraction of sp³-hybridized carbons (Fsp3) is 0.231. The van der Waals surface area contributed by atoms with Gasteiger partial charge in [-0.2, -0.15) is 4.57 Å². The first-order valence-electron chi connectivity index (χ1n) is 10.8. The smallest absolute Gasteiger partial charge is 0.407 e. The monoisotopic (exact) mass is 432 g/mol. The summed E-state index contributed by atoms with van der Waals surface area (Å²) in [6.45, 7) is 1.93. The van der Waals surface area contributed by atoms with Crippen molar-refractivity contribution in [2.45, 2.75) is 38.6 Å². The average molecular weight is 432 g/mol. The van der Waals surface area contributed by atoms with Crippen LogP contribution in [-0.2, 0) is 6.42 Å². The number of amides is 1. The lowest BCUT2D eigenvalue weighted by atomic mass is 10.0. The van der Waals surface area contributed by atoms with Gasteiger partial charge in [0.1, 0.15) is 5.82 Å². The fourth-order valence-electron chi connectivity index (χ4n) is 3.80. The lowest BCUT2D eigenvalue weighted by Crippen LogP contribution is -2.39. The lowest BCUT2D eigenvalue weighted by molar-refractivity contribution is 0.237. The van der Waals surface area contributed by atoms with Gasteiger partial charge in [-0.05, 0) is 67.1 Å². The highest BCUT2D eigenvalue weighted by Gasteiger charge is 2.18. The predicted molar refractivity (Wildman–Crippen MR) is 123 cm³/mol. The van der Waals surface area contributed by atoms with Crippen LogP contribution in [0.15, 0.2) is 82.0 Å². The molecule has 1 N–H and O–H groups in total. The summed E-state index contributed by atoms with van der Waals surface area (Å²) in [4.78, 5) is 25.1. The van der Waals surface area contributed by atoms with Crippen molar-refractivity contribution in [2.24, 2.45) is 0 Å². The van der Waals surface area contributed by atoms with Crippen molar-refractivity contribution in [3.8, 4) is 11.1 Å². The van der Waals surface area contributed by atoms with Crippen LogP contribution in [-0.4, -0.2) is 16.6 Å². The summed E-state index contributed by atoms with van der Waals surface area (Å²) in [5.74, 6) is -1.05. The molecule has 0 saturated heterocycles. The summed E-state index contributed by atoms with van der Waals surface area (Å²) in [6, 6.07) is 20.9. The molecule has 3 aromatic carbocycles. The third kappa shape index (κ3) is 4.97. The molecule has 0 fully saturated rings. The van der Waals surface area contributed by atoms with E-state index in [0.717, 1.165) is 41.4 Å². The van der Waals surface area contributed by atoms with Gasteiger partial charge in [-0.15, -0.1) is 0 Å². The van der Waals surface area contributed by atoms with E-state index in [2.05, 4.69) is 17.4 Å². The summed E-state index contributed by atoms with van der Waals surface area (Å²) >= 11 is 0. The van der Waals surface area contributed by atoms with Gasteiger partial charge in [0, 0.05) is 6.04 Å². The van der Waals surface area contributed by atoms with Crippen LogP contribution in [0.3, 0.4) is 0 Å². The Morgan fingerprint density at radius 3 is 2.47 bits per heavy atom. The quantitative estimate of drug-likeness (QED) is 0.378. The van der Waals surface area contributed by atoms with Crippen LogP contribution >= 0.6 is 0 Å². The van der Waals surface area contributed by atoms with E-state index in [9.17, 15) is 14.0 Å². The number of fused-ring (bicyclic) bond motifs is 1. The maximum atomic E-state index is 13.2. The Morgan fingerprint density at radius 2 is 1.72 bits per heavy atom. The molecule has 5 nitrogen and oxygen atoms in total.